The molecule has 0 saturated heterocycles. The van der Waals surface area contributed by atoms with Crippen molar-refractivity contribution < 1.29 is 23.4 Å². The fraction of sp³-hybridized carbons (Fsp3) is 0.292. The molecule has 0 aliphatic carbocycles. The molecule has 0 spiro atoms. The first kappa shape index (κ1) is 21.3. The molecule has 1 N–H and O–H groups in total. The summed E-state index contributed by atoms with van der Waals surface area (Å²) in [6.07, 6.45) is 0. The molecule has 6 nitrogen and oxygen atoms in total. The zero-order chi connectivity index (χ0) is 21.7. The monoisotopic (exact) mass is 409 g/mol. The average Bonchev–Trinajstić information content (AvgIpc) is 3.21. The molecule has 158 valence electrons. The summed E-state index contributed by atoms with van der Waals surface area (Å²) in [6, 6.07) is 14.8. The first-order chi connectivity index (χ1) is 14.4. The van der Waals surface area contributed by atoms with E-state index in [0.717, 1.165) is 11.1 Å². The minimum absolute atomic E-state index is 0.183. The number of hydrogen-bond acceptors (Lipinski definition) is 5. The van der Waals surface area contributed by atoms with Crippen LogP contribution in [0.15, 0.2) is 52.9 Å². The maximum Gasteiger partial charge on any atom is 0.290 e. The summed E-state index contributed by atoms with van der Waals surface area (Å²) >= 11 is 0. The summed E-state index contributed by atoms with van der Waals surface area (Å²) in [5.41, 5.74) is 3.05. The van der Waals surface area contributed by atoms with Gasteiger partial charge in [-0.15, -0.1) is 0 Å². The summed E-state index contributed by atoms with van der Waals surface area (Å²) in [7, 11) is 3.15. The number of ether oxygens (including phenoxy) is 3. The van der Waals surface area contributed by atoms with Crippen molar-refractivity contribution in [3.05, 3.63) is 71.0 Å². The van der Waals surface area contributed by atoms with Gasteiger partial charge in [0.15, 0.2) is 17.3 Å². The lowest BCUT2D eigenvalue weighted by atomic mass is 10.0. The number of benzene rings is 2. The van der Waals surface area contributed by atoms with Crippen LogP contribution in [0.2, 0.25) is 0 Å². The number of amides is 1. The van der Waals surface area contributed by atoms with Crippen molar-refractivity contribution in [2.24, 2.45) is 0 Å². The molecular formula is C24H27NO5. The van der Waals surface area contributed by atoms with Gasteiger partial charge in [0.2, 0.25) is 0 Å². The first-order valence-corrected chi connectivity index (χ1v) is 9.78. The second kappa shape index (κ2) is 9.39. The summed E-state index contributed by atoms with van der Waals surface area (Å²) in [5, 5.41) is 2.83. The van der Waals surface area contributed by atoms with Gasteiger partial charge in [-0.2, -0.15) is 0 Å². The van der Waals surface area contributed by atoms with Gasteiger partial charge in [0.25, 0.3) is 11.9 Å². The summed E-state index contributed by atoms with van der Waals surface area (Å²) < 4.78 is 22.0. The molecule has 3 aromatic rings. The molecule has 6 heteroatoms. The topological polar surface area (TPSA) is 69.9 Å². The second-order valence-electron chi connectivity index (χ2n) is 7.27. The van der Waals surface area contributed by atoms with Gasteiger partial charge in [0, 0.05) is 12.6 Å². The molecule has 1 heterocycles. The van der Waals surface area contributed by atoms with Gasteiger partial charge in [0.05, 0.1) is 14.2 Å². The minimum atomic E-state index is -0.327. The van der Waals surface area contributed by atoms with Crippen LogP contribution >= 0.6 is 0 Å². The molecule has 0 atom stereocenters. The maximum atomic E-state index is 12.5. The quantitative estimate of drug-likeness (QED) is 0.536. The molecule has 0 fully saturated rings. The molecule has 0 unspecified atom stereocenters. The maximum absolute atomic E-state index is 12.5. The van der Waals surface area contributed by atoms with Crippen LogP contribution in [-0.2, 0) is 6.54 Å². The van der Waals surface area contributed by atoms with Crippen LogP contribution in [0.4, 0.5) is 0 Å². The third-order valence-electron chi connectivity index (χ3n) is 4.80. The summed E-state index contributed by atoms with van der Waals surface area (Å²) in [4.78, 5) is 12.5. The lowest BCUT2D eigenvalue weighted by Gasteiger charge is -2.11. The molecule has 1 aromatic heterocycles. The standard InChI is InChI=1S/C24H27NO5/c1-15(2)18-8-6-16(3)21(13-18)30-23-11-10-20(29-23)24(26)25-14-17-7-9-19(27-4)22(12-17)28-5/h6-13,15H,14H2,1-5H3,(H,25,26). The Labute approximate surface area is 176 Å². The molecule has 2 aromatic carbocycles. The van der Waals surface area contributed by atoms with Crippen molar-refractivity contribution >= 4 is 5.91 Å². The minimum Gasteiger partial charge on any atom is -0.493 e. The number of furan rings is 1. The van der Waals surface area contributed by atoms with Crippen LogP contribution in [0.3, 0.4) is 0 Å². The Hall–Kier alpha value is -3.41. The lowest BCUT2D eigenvalue weighted by molar-refractivity contribution is 0.0918. The molecular weight excluding hydrogens is 382 g/mol. The van der Waals surface area contributed by atoms with E-state index in [0.29, 0.717) is 29.7 Å². The largest absolute Gasteiger partial charge is 0.493 e. The van der Waals surface area contributed by atoms with Crippen molar-refractivity contribution in [2.45, 2.75) is 33.2 Å². The first-order valence-electron chi connectivity index (χ1n) is 9.78. The van der Waals surface area contributed by atoms with Gasteiger partial charge in [-0.1, -0.05) is 32.0 Å². The fourth-order valence-corrected chi connectivity index (χ4v) is 2.95. The number of aryl methyl sites for hydroxylation is 1. The van der Waals surface area contributed by atoms with Crippen LogP contribution in [0, 0.1) is 6.92 Å². The van der Waals surface area contributed by atoms with E-state index in [1.807, 2.05) is 31.2 Å². The van der Waals surface area contributed by atoms with E-state index >= 15 is 0 Å². The Morgan fingerprint density at radius 3 is 2.43 bits per heavy atom. The van der Waals surface area contributed by atoms with E-state index in [-0.39, 0.29) is 17.6 Å². The van der Waals surface area contributed by atoms with Gasteiger partial charge in [-0.25, -0.2) is 0 Å². The second-order valence-corrected chi connectivity index (χ2v) is 7.27. The van der Waals surface area contributed by atoms with E-state index in [2.05, 4.69) is 25.2 Å². The van der Waals surface area contributed by atoms with Crippen molar-refractivity contribution in [1.29, 1.82) is 0 Å². The van der Waals surface area contributed by atoms with Gasteiger partial charge < -0.3 is 23.9 Å². The van der Waals surface area contributed by atoms with Crippen molar-refractivity contribution in [3.63, 3.8) is 0 Å². The Morgan fingerprint density at radius 1 is 0.967 bits per heavy atom. The van der Waals surface area contributed by atoms with Crippen LogP contribution in [0.5, 0.6) is 23.2 Å². The van der Waals surface area contributed by atoms with Crippen molar-refractivity contribution in [2.75, 3.05) is 14.2 Å². The van der Waals surface area contributed by atoms with E-state index in [1.165, 1.54) is 5.56 Å². The molecule has 30 heavy (non-hydrogen) atoms. The van der Waals surface area contributed by atoms with Crippen LogP contribution in [0.25, 0.3) is 0 Å². The highest BCUT2D eigenvalue weighted by Crippen LogP contribution is 2.30. The predicted octanol–water partition coefficient (Wildman–Crippen LogP) is 5.45. The zero-order valence-corrected chi connectivity index (χ0v) is 17.9. The Balaban J connectivity index is 1.65. The Kier molecular flexibility index (Phi) is 6.67. The van der Waals surface area contributed by atoms with Gasteiger partial charge in [-0.05, 0) is 53.8 Å². The predicted molar refractivity (Wildman–Crippen MR) is 115 cm³/mol. The Bertz CT molecular complexity index is 1020. The number of nitrogens with one attached hydrogen (secondary N) is 1. The molecule has 0 bridgehead atoms. The molecule has 0 saturated carbocycles. The smallest absolute Gasteiger partial charge is 0.290 e. The number of carbonyl (C=O) groups is 1. The van der Waals surface area contributed by atoms with Crippen molar-refractivity contribution in [1.82, 2.24) is 5.32 Å². The zero-order valence-electron chi connectivity index (χ0n) is 17.9. The van der Waals surface area contributed by atoms with Crippen LogP contribution in [0.1, 0.15) is 47.0 Å². The molecule has 0 aliphatic rings. The average molecular weight is 409 g/mol. The molecule has 1 amide bonds. The SMILES string of the molecule is COc1ccc(CNC(=O)c2ccc(Oc3cc(C(C)C)ccc3C)o2)cc1OC. The number of rotatable bonds is 8. The van der Waals surface area contributed by atoms with Crippen LogP contribution in [-0.4, -0.2) is 20.1 Å². The highest BCUT2D eigenvalue weighted by Gasteiger charge is 2.14. The van der Waals surface area contributed by atoms with Crippen molar-refractivity contribution in [3.8, 4) is 23.2 Å². The van der Waals surface area contributed by atoms with E-state index in [4.69, 9.17) is 18.6 Å². The summed E-state index contributed by atoms with van der Waals surface area (Å²) in [6.45, 7) is 6.55. The Morgan fingerprint density at radius 2 is 1.73 bits per heavy atom. The van der Waals surface area contributed by atoms with Gasteiger partial charge in [0.1, 0.15) is 5.75 Å². The normalized spacial score (nSPS) is 10.7. The lowest BCUT2D eigenvalue weighted by Crippen LogP contribution is -2.22. The fourth-order valence-electron chi connectivity index (χ4n) is 2.95. The third-order valence-corrected chi connectivity index (χ3v) is 4.80. The highest BCUT2D eigenvalue weighted by molar-refractivity contribution is 5.91. The van der Waals surface area contributed by atoms with E-state index in [1.54, 1.807) is 32.4 Å². The van der Waals surface area contributed by atoms with Crippen LogP contribution < -0.4 is 19.5 Å². The summed E-state index contributed by atoms with van der Waals surface area (Å²) in [5.74, 6) is 2.48. The van der Waals surface area contributed by atoms with E-state index < -0.39 is 0 Å². The van der Waals surface area contributed by atoms with E-state index in [9.17, 15) is 4.79 Å². The number of methoxy groups -OCH3 is 2. The van der Waals surface area contributed by atoms with Gasteiger partial charge >= 0.3 is 0 Å². The molecule has 3 rings (SSSR count). The molecule has 0 radical (unpaired) electrons. The van der Waals surface area contributed by atoms with Gasteiger partial charge in [-0.3, -0.25) is 4.79 Å². The number of hydrogen-bond donors (Lipinski definition) is 1. The number of carbonyl (C=O) groups excluding carboxylic acids is 1. The third kappa shape index (κ3) is 4.95. The molecule has 0 aliphatic heterocycles. The highest BCUT2D eigenvalue weighted by atomic mass is 16.6.